The first-order chi connectivity index (χ1) is 10.9. The molecule has 1 aliphatic rings. The first-order valence-corrected chi connectivity index (χ1v) is 9.36. The SMILES string of the molecule is CCCCC(C)(C)C1CCC(C)=C(/C=C(\C)c2ccccc2)C1. The molecule has 0 heteroatoms. The van der Waals surface area contributed by atoms with Crippen LogP contribution in [-0.2, 0) is 0 Å². The molecule has 0 saturated heterocycles. The van der Waals surface area contributed by atoms with E-state index in [0.29, 0.717) is 5.41 Å². The lowest BCUT2D eigenvalue weighted by molar-refractivity contribution is 0.172. The van der Waals surface area contributed by atoms with Gasteiger partial charge in [0.25, 0.3) is 0 Å². The molecule has 0 amide bonds. The van der Waals surface area contributed by atoms with Crippen LogP contribution in [0.15, 0.2) is 47.6 Å². The second-order valence-corrected chi connectivity index (χ2v) is 8.03. The molecule has 1 unspecified atom stereocenters. The predicted octanol–water partition coefficient (Wildman–Crippen LogP) is 7.42. The molecule has 0 heterocycles. The highest BCUT2D eigenvalue weighted by Crippen LogP contribution is 2.44. The molecule has 0 aromatic heterocycles. The third kappa shape index (κ3) is 4.83. The number of rotatable bonds is 6. The Hall–Kier alpha value is -1.30. The number of hydrogen-bond acceptors (Lipinski definition) is 0. The van der Waals surface area contributed by atoms with Gasteiger partial charge in [0.1, 0.15) is 0 Å². The molecule has 0 radical (unpaired) electrons. The van der Waals surface area contributed by atoms with Crippen molar-refractivity contribution in [1.29, 1.82) is 0 Å². The van der Waals surface area contributed by atoms with Gasteiger partial charge < -0.3 is 0 Å². The Bertz CT molecular complexity index is 557. The summed E-state index contributed by atoms with van der Waals surface area (Å²) in [5.74, 6) is 0.826. The third-order valence-corrected chi connectivity index (χ3v) is 5.78. The van der Waals surface area contributed by atoms with Crippen LogP contribution >= 0.6 is 0 Å². The maximum atomic E-state index is 2.49. The Balaban J connectivity index is 2.15. The molecule has 1 aromatic carbocycles. The van der Waals surface area contributed by atoms with Crippen molar-refractivity contribution < 1.29 is 0 Å². The van der Waals surface area contributed by atoms with Crippen LogP contribution in [0.2, 0.25) is 0 Å². The van der Waals surface area contributed by atoms with Crippen LogP contribution in [0.1, 0.15) is 78.7 Å². The van der Waals surface area contributed by atoms with E-state index in [1.165, 1.54) is 49.7 Å². The summed E-state index contributed by atoms with van der Waals surface area (Å²) < 4.78 is 0. The molecule has 1 atom stereocenters. The van der Waals surface area contributed by atoms with E-state index in [4.69, 9.17) is 0 Å². The van der Waals surface area contributed by atoms with Gasteiger partial charge in [0.05, 0.1) is 0 Å². The van der Waals surface area contributed by atoms with Gasteiger partial charge in [-0.3, -0.25) is 0 Å². The molecule has 0 nitrogen and oxygen atoms in total. The average molecular weight is 311 g/mol. The molecule has 126 valence electrons. The van der Waals surface area contributed by atoms with Crippen molar-refractivity contribution in [2.45, 2.75) is 73.1 Å². The fourth-order valence-corrected chi connectivity index (χ4v) is 3.82. The van der Waals surface area contributed by atoms with Gasteiger partial charge in [-0.1, -0.05) is 75.6 Å². The van der Waals surface area contributed by atoms with Gasteiger partial charge in [0.2, 0.25) is 0 Å². The Kier molecular flexibility index (Phi) is 6.27. The Morgan fingerprint density at radius 1 is 1.22 bits per heavy atom. The fourth-order valence-electron chi connectivity index (χ4n) is 3.82. The summed E-state index contributed by atoms with van der Waals surface area (Å²) >= 11 is 0. The molecule has 0 saturated carbocycles. The van der Waals surface area contributed by atoms with Gasteiger partial charge in [-0.05, 0) is 67.6 Å². The highest BCUT2D eigenvalue weighted by molar-refractivity contribution is 5.66. The van der Waals surface area contributed by atoms with Crippen LogP contribution in [-0.4, -0.2) is 0 Å². The van der Waals surface area contributed by atoms with Crippen LogP contribution < -0.4 is 0 Å². The molecular weight excluding hydrogens is 276 g/mol. The van der Waals surface area contributed by atoms with Crippen LogP contribution in [0.5, 0.6) is 0 Å². The average Bonchev–Trinajstić information content (AvgIpc) is 2.55. The van der Waals surface area contributed by atoms with Crippen LogP contribution in [0, 0.1) is 11.3 Å². The summed E-state index contributed by atoms with van der Waals surface area (Å²) in [5, 5.41) is 0. The van der Waals surface area contributed by atoms with Crippen molar-refractivity contribution in [3.8, 4) is 0 Å². The molecule has 1 aromatic rings. The molecule has 23 heavy (non-hydrogen) atoms. The van der Waals surface area contributed by atoms with Gasteiger partial charge in [0, 0.05) is 0 Å². The van der Waals surface area contributed by atoms with Gasteiger partial charge in [0.15, 0.2) is 0 Å². The van der Waals surface area contributed by atoms with E-state index in [1.54, 1.807) is 11.1 Å². The Morgan fingerprint density at radius 3 is 2.57 bits per heavy atom. The molecule has 0 fully saturated rings. The van der Waals surface area contributed by atoms with E-state index in [-0.39, 0.29) is 0 Å². The first-order valence-electron chi connectivity index (χ1n) is 9.36. The maximum Gasteiger partial charge on any atom is -0.0227 e. The van der Waals surface area contributed by atoms with Crippen molar-refractivity contribution in [2.24, 2.45) is 11.3 Å². The van der Waals surface area contributed by atoms with Crippen LogP contribution in [0.4, 0.5) is 0 Å². The summed E-state index contributed by atoms with van der Waals surface area (Å²) in [6.45, 7) is 11.9. The minimum absolute atomic E-state index is 0.469. The largest absolute Gasteiger partial charge is 0.0701 e. The third-order valence-electron chi connectivity index (χ3n) is 5.78. The van der Waals surface area contributed by atoms with Crippen molar-refractivity contribution >= 4 is 5.57 Å². The predicted molar refractivity (Wildman–Crippen MR) is 103 cm³/mol. The van der Waals surface area contributed by atoms with E-state index < -0.39 is 0 Å². The molecule has 0 aliphatic heterocycles. The van der Waals surface area contributed by atoms with E-state index in [1.807, 2.05) is 0 Å². The molecular formula is C23H34. The van der Waals surface area contributed by atoms with Gasteiger partial charge in [-0.2, -0.15) is 0 Å². The van der Waals surface area contributed by atoms with Gasteiger partial charge in [-0.25, -0.2) is 0 Å². The maximum absolute atomic E-state index is 2.49. The normalized spacial score (nSPS) is 20.0. The number of benzene rings is 1. The monoisotopic (exact) mass is 310 g/mol. The highest BCUT2D eigenvalue weighted by Gasteiger charge is 2.31. The summed E-state index contributed by atoms with van der Waals surface area (Å²) in [4.78, 5) is 0. The second kappa shape index (κ2) is 7.99. The van der Waals surface area contributed by atoms with Crippen molar-refractivity contribution in [3.05, 3.63) is 53.1 Å². The van der Waals surface area contributed by atoms with Crippen molar-refractivity contribution in [1.82, 2.24) is 0 Å². The quantitative estimate of drug-likeness (QED) is 0.512. The summed E-state index contributed by atoms with van der Waals surface area (Å²) in [6, 6.07) is 10.8. The van der Waals surface area contributed by atoms with E-state index >= 15 is 0 Å². The minimum Gasteiger partial charge on any atom is -0.0701 e. The van der Waals surface area contributed by atoms with E-state index in [9.17, 15) is 0 Å². The van der Waals surface area contributed by atoms with Crippen molar-refractivity contribution in [2.75, 3.05) is 0 Å². The zero-order valence-electron chi connectivity index (χ0n) is 15.8. The Morgan fingerprint density at radius 2 is 1.91 bits per heavy atom. The second-order valence-electron chi connectivity index (χ2n) is 8.03. The molecule has 0 N–H and O–H groups in total. The van der Waals surface area contributed by atoms with E-state index in [2.05, 4.69) is 71.0 Å². The van der Waals surface area contributed by atoms with Crippen LogP contribution in [0.3, 0.4) is 0 Å². The van der Waals surface area contributed by atoms with Crippen LogP contribution in [0.25, 0.3) is 5.57 Å². The highest BCUT2D eigenvalue weighted by atomic mass is 14.4. The number of hydrogen-bond donors (Lipinski definition) is 0. The minimum atomic E-state index is 0.469. The topological polar surface area (TPSA) is 0 Å². The summed E-state index contributed by atoms with van der Waals surface area (Å²) in [7, 11) is 0. The molecule has 0 bridgehead atoms. The zero-order chi connectivity index (χ0) is 16.9. The first kappa shape index (κ1) is 18.0. The molecule has 2 rings (SSSR count). The number of unbranched alkanes of at least 4 members (excludes halogenated alkanes) is 1. The fraction of sp³-hybridized carbons (Fsp3) is 0.565. The standard InChI is InChI=1S/C23H34/c1-6-7-15-23(4,5)22-14-13-18(2)21(17-22)16-19(3)20-11-9-8-10-12-20/h8-12,16,22H,6-7,13-15,17H2,1-5H3/b19-16+. The number of allylic oxidation sites excluding steroid dienone is 4. The molecule has 0 spiro atoms. The summed E-state index contributed by atoms with van der Waals surface area (Å²) in [6.07, 6.45) is 10.4. The lowest BCUT2D eigenvalue weighted by Gasteiger charge is -2.38. The lowest BCUT2D eigenvalue weighted by Crippen LogP contribution is -2.27. The van der Waals surface area contributed by atoms with Crippen molar-refractivity contribution in [3.63, 3.8) is 0 Å². The Labute approximate surface area is 143 Å². The van der Waals surface area contributed by atoms with E-state index in [0.717, 1.165) is 5.92 Å². The smallest absolute Gasteiger partial charge is 0.0227 e. The lowest BCUT2D eigenvalue weighted by atomic mass is 9.67. The summed E-state index contributed by atoms with van der Waals surface area (Å²) in [5.41, 5.74) is 6.40. The van der Waals surface area contributed by atoms with Gasteiger partial charge in [-0.15, -0.1) is 0 Å². The molecule has 1 aliphatic carbocycles. The van der Waals surface area contributed by atoms with Gasteiger partial charge >= 0.3 is 0 Å². The zero-order valence-corrected chi connectivity index (χ0v) is 15.8.